The molecule has 1 saturated heterocycles. The molecule has 2 heterocycles. The van der Waals surface area contributed by atoms with Crippen LogP contribution in [0, 0.1) is 6.92 Å². The molecule has 0 unspecified atom stereocenters. The van der Waals surface area contributed by atoms with Gasteiger partial charge in [-0.1, -0.05) is 17.7 Å². The third kappa shape index (κ3) is 4.08. The normalized spacial score (nSPS) is 15.1. The second-order valence-corrected chi connectivity index (χ2v) is 7.31. The van der Waals surface area contributed by atoms with Crippen molar-refractivity contribution in [3.63, 3.8) is 0 Å². The number of aromatic nitrogens is 2. The van der Waals surface area contributed by atoms with Gasteiger partial charge in [0.15, 0.2) is 0 Å². The van der Waals surface area contributed by atoms with Gasteiger partial charge in [-0.25, -0.2) is 4.98 Å². The van der Waals surface area contributed by atoms with E-state index in [1.165, 1.54) is 0 Å². The van der Waals surface area contributed by atoms with Crippen molar-refractivity contribution in [3.05, 3.63) is 59.4 Å². The average Bonchev–Trinajstić information content (AvgIpc) is 3.03. The van der Waals surface area contributed by atoms with Gasteiger partial charge in [0.1, 0.15) is 5.82 Å². The van der Waals surface area contributed by atoms with Gasteiger partial charge in [-0.05, 0) is 37.3 Å². The second-order valence-electron chi connectivity index (χ2n) is 7.31. The van der Waals surface area contributed by atoms with Crippen molar-refractivity contribution in [2.24, 2.45) is 7.05 Å². The van der Waals surface area contributed by atoms with Crippen LogP contribution in [-0.2, 0) is 18.2 Å². The monoisotopic (exact) mass is 378 g/mol. The molecule has 2 aromatic carbocycles. The summed E-state index contributed by atoms with van der Waals surface area (Å²) in [6, 6.07) is 13.5. The lowest BCUT2D eigenvalue weighted by Crippen LogP contribution is -2.37. The summed E-state index contributed by atoms with van der Waals surface area (Å²) in [6.07, 6.45) is 0.899. The zero-order valence-corrected chi connectivity index (χ0v) is 16.4. The maximum Gasteiger partial charge on any atom is 0.255 e. The van der Waals surface area contributed by atoms with E-state index in [-0.39, 0.29) is 5.91 Å². The highest BCUT2D eigenvalue weighted by Crippen LogP contribution is 2.21. The number of carbonyl (C=O) groups excluding carboxylic acids is 1. The Hall–Kier alpha value is -2.70. The van der Waals surface area contributed by atoms with E-state index < -0.39 is 0 Å². The Labute approximate surface area is 165 Å². The fourth-order valence-corrected chi connectivity index (χ4v) is 3.54. The fraction of sp³-hybridized carbons (Fsp3) is 0.364. The van der Waals surface area contributed by atoms with E-state index in [9.17, 15) is 4.79 Å². The van der Waals surface area contributed by atoms with Gasteiger partial charge in [0, 0.05) is 44.4 Å². The number of aryl methyl sites for hydroxylation is 2. The summed E-state index contributed by atoms with van der Waals surface area (Å²) in [5.74, 6) is 0.950. The predicted molar refractivity (Wildman–Crippen MR) is 111 cm³/mol. The molecule has 0 radical (unpaired) electrons. The van der Waals surface area contributed by atoms with Crippen LogP contribution in [0.25, 0.3) is 11.0 Å². The molecule has 6 heteroatoms. The summed E-state index contributed by atoms with van der Waals surface area (Å²) in [4.78, 5) is 19.7. The number of ether oxygens (including phenoxy) is 1. The molecule has 1 aliphatic rings. The van der Waals surface area contributed by atoms with Crippen molar-refractivity contribution in [2.75, 3.05) is 38.2 Å². The minimum atomic E-state index is -0.108. The number of anilines is 1. The van der Waals surface area contributed by atoms with Crippen molar-refractivity contribution >= 4 is 22.6 Å². The minimum absolute atomic E-state index is 0.108. The van der Waals surface area contributed by atoms with E-state index >= 15 is 0 Å². The first-order valence-electron chi connectivity index (χ1n) is 9.73. The number of fused-ring (bicyclic) bond motifs is 1. The molecule has 1 N–H and O–H groups in total. The number of hydrogen-bond donors (Lipinski definition) is 1. The molecule has 146 valence electrons. The van der Waals surface area contributed by atoms with Gasteiger partial charge in [-0.3, -0.25) is 9.69 Å². The number of rotatable bonds is 5. The molecule has 4 rings (SSSR count). The van der Waals surface area contributed by atoms with Gasteiger partial charge in [0.25, 0.3) is 5.91 Å². The highest BCUT2D eigenvalue weighted by molar-refractivity contribution is 6.05. The van der Waals surface area contributed by atoms with Crippen LogP contribution in [0.3, 0.4) is 0 Å². The third-order valence-corrected chi connectivity index (χ3v) is 5.30. The highest BCUT2D eigenvalue weighted by atomic mass is 16.5. The van der Waals surface area contributed by atoms with Gasteiger partial charge < -0.3 is 14.6 Å². The van der Waals surface area contributed by atoms with Crippen molar-refractivity contribution in [1.82, 2.24) is 14.5 Å². The van der Waals surface area contributed by atoms with E-state index in [4.69, 9.17) is 9.72 Å². The maximum atomic E-state index is 12.5. The van der Waals surface area contributed by atoms with Crippen molar-refractivity contribution < 1.29 is 9.53 Å². The number of amides is 1. The number of hydrogen-bond acceptors (Lipinski definition) is 4. The molecule has 0 bridgehead atoms. The minimum Gasteiger partial charge on any atom is -0.379 e. The van der Waals surface area contributed by atoms with Crippen LogP contribution in [-0.4, -0.2) is 53.2 Å². The first-order chi connectivity index (χ1) is 13.6. The second kappa shape index (κ2) is 8.12. The van der Waals surface area contributed by atoms with Crippen LogP contribution >= 0.6 is 0 Å². The first kappa shape index (κ1) is 18.7. The summed E-state index contributed by atoms with van der Waals surface area (Å²) >= 11 is 0. The van der Waals surface area contributed by atoms with Crippen LogP contribution in [0.1, 0.15) is 21.7 Å². The molecule has 0 aliphatic carbocycles. The highest BCUT2D eigenvalue weighted by Gasteiger charge is 2.14. The molecule has 1 aromatic heterocycles. The zero-order valence-electron chi connectivity index (χ0n) is 16.4. The van der Waals surface area contributed by atoms with E-state index in [1.54, 1.807) is 0 Å². The lowest BCUT2D eigenvalue weighted by molar-refractivity contribution is 0.0382. The third-order valence-electron chi connectivity index (χ3n) is 5.30. The number of benzene rings is 2. The first-order valence-corrected chi connectivity index (χ1v) is 9.73. The molecule has 0 saturated carbocycles. The lowest BCUT2D eigenvalue weighted by Gasteiger charge is -2.26. The van der Waals surface area contributed by atoms with Crippen LogP contribution in [0.2, 0.25) is 0 Å². The van der Waals surface area contributed by atoms with Crippen molar-refractivity contribution in [1.29, 1.82) is 0 Å². The molecule has 1 fully saturated rings. The molecular formula is C22H26N4O2. The predicted octanol–water partition coefficient (Wildman–Crippen LogP) is 3.01. The Morgan fingerprint density at radius 2 is 1.89 bits per heavy atom. The SMILES string of the molecule is Cc1ccc(C(=O)Nc2ccc3c(c2)nc(CCN2CCOCC2)n3C)cc1. The molecule has 1 aliphatic heterocycles. The molecule has 28 heavy (non-hydrogen) atoms. The van der Waals surface area contributed by atoms with Gasteiger partial charge in [0.05, 0.1) is 24.2 Å². The van der Waals surface area contributed by atoms with Gasteiger partial charge >= 0.3 is 0 Å². The Balaban J connectivity index is 1.47. The number of imidazole rings is 1. The smallest absolute Gasteiger partial charge is 0.255 e. The maximum absolute atomic E-state index is 12.5. The summed E-state index contributed by atoms with van der Waals surface area (Å²) < 4.78 is 7.55. The standard InChI is InChI=1S/C22H26N4O2/c1-16-3-5-17(6-4-16)22(27)23-18-7-8-20-19(15-18)24-21(25(20)2)9-10-26-11-13-28-14-12-26/h3-8,15H,9-14H2,1-2H3,(H,23,27). The van der Waals surface area contributed by atoms with Gasteiger partial charge in [-0.15, -0.1) is 0 Å². The summed E-state index contributed by atoms with van der Waals surface area (Å²) in [7, 11) is 2.05. The van der Waals surface area contributed by atoms with E-state index in [0.717, 1.165) is 67.4 Å². The number of nitrogens with zero attached hydrogens (tertiary/aromatic N) is 3. The molecule has 6 nitrogen and oxygen atoms in total. The van der Waals surface area contributed by atoms with Crippen LogP contribution in [0.4, 0.5) is 5.69 Å². The fourth-order valence-electron chi connectivity index (χ4n) is 3.54. The number of nitrogens with one attached hydrogen (secondary N) is 1. The van der Waals surface area contributed by atoms with E-state index in [0.29, 0.717) is 5.56 Å². The molecule has 3 aromatic rings. The summed E-state index contributed by atoms with van der Waals surface area (Å²) in [5, 5.41) is 2.97. The zero-order chi connectivity index (χ0) is 19.5. The molecule has 0 atom stereocenters. The largest absolute Gasteiger partial charge is 0.379 e. The number of carbonyl (C=O) groups is 1. The topological polar surface area (TPSA) is 59.4 Å². The van der Waals surface area contributed by atoms with Gasteiger partial charge in [0.2, 0.25) is 0 Å². The molecule has 0 spiro atoms. The van der Waals surface area contributed by atoms with E-state index in [1.807, 2.05) is 49.4 Å². The number of morpholine rings is 1. The van der Waals surface area contributed by atoms with E-state index in [2.05, 4.69) is 21.8 Å². The molecule has 1 amide bonds. The Morgan fingerprint density at radius 1 is 1.14 bits per heavy atom. The van der Waals surface area contributed by atoms with Crippen LogP contribution < -0.4 is 5.32 Å². The Bertz CT molecular complexity index is 972. The van der Waals surface area contributed by atoms with Crippen molar-refractivity contribution in [2.45, 2.75) is 13.3 Å². The van der Waals surface area contributed by atoms with Crippen LogP contribution in [0.15, 0.2) is 42.5 Å². The Morgan fingerprint density at radius 3 is 2.64 bits per heavy atom. The van der Waals surface area contributed by atoms with Crippen LogP contribution in [0.5, 0.6) is 0 Å². The molecular weight excluding hydrogens is 352 g/mol. The average molecular weight is 378 g/mol. The summed E-state index contributed by atoms with van der Waals surface area (Å²) in [5.41, 5.74) is 4.52. The summed E-state index contributed by atoms with van der Waals surface area (Å²) in [6.45, 7) is 6.59. The Kier molecular flexibility index (Phi) is 5.41. The van der Waals surface area contributed by atoms with Crippen molar-refractivity contribution in [3.8, 4) is 0 Å². The quantitative estimate of drug-likeness (QED) is 0.741. The lowest BCUT2D eigenvalue weighted by atomic mass is 10.1. The van der Waals surface area contributed by atoms with Gasteiger partial charge in [-0.2, -0.15) is 0 Å².